The molecule has 1 aliphatic rings. The molecular formula is C10H21ClN2O2. The van der Waals surface area contributed by atoms with Crippen LogP contribution < -0.4 is 5.73 Å². The molecule has 0 spiro atoms. The van der Waals surface area contributed by atoms with Gasteiger partial charge in [0.2, 0.25) is 5.91 Å². The average Bonchev–Trinajstić information content (AvgIpc) is 2.14. The van der Waals surface area contributed by atoms with Crippen molar-refractivity contribution in [1.82, 2.24) is 4.90 Å². The van der Waals surface area contributed by atoms with Crippen molar-refractivity contribution in [2.45, 2.75) is 38.8 Å². The van der Waals surface area contributed by atoms with Crippen LogP contribution in [0.1, 0.15) is 26.7 Å². The third-order valence-electron chi connectivity index (χ3n) is 2.55. The van der Waals surface area contributed by atoms with E-state index < -0.39 is 0 Å². The highest BCUT2D eigenvalue weighted by Crippen LogP contribution is 2.14. The first kappa shape index (κ1) is 14.7. The lowest BCUT2D eigenvalue weighted by atomic mass is 10.1. The minimum absolute atomic E-state index is 0. The monoisotopic (exact) mass is 236 g/mol. The van der Waals surface area contributed by atoms with Crippen molar-refractivity contribution in [3.05, 3.63) is 0 Å². The topological polar surface area (TPSA) is 55.6 Å². The van der Waals surface area contributed by atoms with Crippen LogP contribution in [-0.2, 0) is 9.53 Å². The van der Waals surface area contributed by atoms with Gasteiger partial charge in [-0.3, -0.25) is 4.79 Å². The predicted octanol–water partition coefficient (Wildman–Crippen LogP) is 0.783. The molecule has 0 aromatic carbocycles. The van der Waals surface area contributed by atoms with Crippen LogP contribution in [0.3, 0.4) is 0 Å². The largest absolute Gasteiger partial charge is 0.377 e. The minimum Gasteiger partial charge on any atom is -0.377 e. The molecule has 2 atom stereocenters. The quantitative estimate of drug-likeness (QED) is 0.788. The molecule has 1 heterocycles. The number of nitrogens with zero attached hydrogens (tertiary/aromatic N) is 1. The van der Waals surface area contributed by atoms with E-state index in [9.17, 15) is 4.79 Å². The molecule has 15 heavy (non-hydrogen) atoms. The highest BCUT2D eigenvalue weighted by molar-refractivity contribution is 5.85. The summed E-state index contributed by atoms with van der Waals surface area (Å²) in [7, 11) is 0. The van der Waals surface area contributed by atoms with Crippen molar-refractivity contribution in [1.29, 1.82) is 0 Å². The average molecular weight is 237 g/mol. The van der Waals surface area contributed by atoms with Gasteiger partial charge in [-0.15, -0.1) is 12.4 Å². The Morgan fingerprint density at radius 3 is 2.40 bits per heavy atom. The number of ether oxygens (including phenoxy) is 1. The fourth-order valence-corrected chi connectivity index (χ4v) is 1.88. The van der Waals surface area contributed by atoms with Gasteiger partial charge in [0.1, 0.15) is 0 Å². The van der Waals surface area contributed by atoms with E-state index in [0.717, 1.165) is 6.42 Å². The molecule has 0 aromatic rings. The highest BCUT2D eigenvalue weighted by atomic mass is 35.5. The van der Waals surface area contributed by atoms with Crippen LogP contribution >= 0.6 is 12.4 Å². The second kappa shape index (κ2) is 7.04. The lowest BCUT2D eigenvalue weighted by Crippen LogP contribution is -2.52. The lowest BCUT2D eigenvalue weighted by Gasteiger charge is -2.38. The SMILES string of the molecule is CC1COCC(C)N1C(=O)CCCN.Cl. The zero-order valence-corrected chi connectivity index (χ0v) is 10.3. The van der Waals surface area contributed by atoms with Gasteiger partial charge in [0, 0.05) is 6.42 Å². The van der Waals surface area contributed by atoms with Gasteiger partial charge in [-0.2, -0.15) is 0 Å². The fourth-order valence-electron chi connectivity index (χ4n) is 1.88. The first-order chi connectivity index (χ1) is 6.66. The van der Waals surface area contributed by atoms with Crippen LogP contribution in [0, 0.1) is 0 Å². The van der Waals surface area contributed by atoms with Crippen LogP contribution in [0.15, 0.2) is 0 Å². The Kier molecular flexibility index (Phi) is 6.89. The van der Waals surface area contributed by atoms with E-state index in [1.165, 1.54) is 0 Å². The van der Waals surface area contributed by atoms with Crippen molar-refractivity contribution in [3.63, 3.8) is 0 Å². The number of hydrogen-bond donors (Lipinski definition) is 1. The number of carbonyl (C=O) groups is 1. The molecule has 0 radical (unpaired) electrons. The van der Waals surface area contributed by atoms with E-state index in [1.807, 2.05) is 18.7 Å². The van der Waals surface area contributed by atoms with Crippen LogP contribution in [0.2, 0.25) is 0 Å². The molecule has 1 rings (SSSR count). The number of hydrogen-bond acceptors (Lipinski definition) is 3. The lowest BCUT2D eigenvalue weighted by molar-refractivity contribution is -0.144. The zero-order chi connectivity index (χ0) is 10.6. The van der Waals surface area contributed by atoms with Gasteiger partial charge < -0.3 is 15.4 Å². The van der Waals surface area contributed by atoms with E-state index in [-0.39, 0.29) is 30.4 Å². The molecule has 0 aromatic heterocycles. The first-order valence-corrected chi connectivity index (χ1v) is 5.25. The number of halogens is 1. The molecule has 2 N–H and O–H groups in total. The molecule has 90 valence electrons. The van der Waals surface area contributed by atoms with Crippen LogP contribution in [0.25, 0.3) is 0 Å². The van der Waals surface area contributed by atoms with E-state index in [1.54, 1.807) is 0 Å². The van der Waals surface area contributed by atoms with Gasteiger partial charge in [-0.05, 0) is 26.8 Å². The van der Waals surface area contributed by atoms with Crippen molar-refractivity contribution in [2.24, 2.45) is 5.73 Å². The third kappa shape index (κ3) is 3.97. The van der Waals surface area contributed by atoms with Crippen LogP contribution in [0.4, 0.5) is 0 Å². The molecule has 0 saturated carbocycles. The molecule has 0 aliphatic carbocycles. The molecule has 5 heteroatoms. The van der Waals surface area contributed by atoms with E-state index in [4.69, 9.17) is 10.5 Å². The number of rotatable bonds is 3. The van der Waals surface area contributed by atoms with Crippen LogP contribution in [-0.4, -0.2) is 42.6 Å². The minimum atomic E-state index is 0. The maximum absolute atomic E-state index is 11.8. The Bertz CT molecular complexity index is 192. The molecule has 0 bridgehead atoms. The van der Waals surface area contributed by atoms with Gasteiger partial charge in [-0.25, -0.2) is 0 Å². The van der Waals surface area contributed by atoms with Gasteiger partial charge in [0.15, 0.2) is 0 Å². The molecule has 1 saturated heterocycles. The molecule has 4 nitrogen and oxygen atoms in total. The number of morpholine rings is 1. The van der Waals surface area contributed by atoms with Gasteiger partial charge in [0.05, 0.1) is 25.3 Å². The Morgan fingerprint density at radius 2 is 1.93 bits per heavy atom. The summed E-state index contributed by atoms with van der Waals surface area (Å²) in [5, 5.41) is 0. The van der Waals surface area contributed by atoms with E-state index in [0.29, 0.717) is 26.2 Å². The summed E-state index contributed by atoms with van der Waals surface area (Å²) in [5.41, 5.74) is 5.38. The first-order valence-electron chi connectivity index (χ1n) is 5.25. The Labute approximate surface area is 97.5 Å². The van der Waals surface area contributed by atoms with Gasteiger partial charge in [0.25, 0.3) is 0 Å². The Morgan fingerprint density at radius 1 is 1.40 bits per heavy atom. The summed E-state index contributed by atoms with van der Waals surface area (Å²) in [4.78, 5) is 13.7. The summed E-state index contributed by atoms with van der Waals surface area (Å²) < 4.78 is 5.36. The summed E-state index contributed by atoms with van der Waals surface area (Å²) in [6.45, 7) is 5.93. The fraction of sp³-hybridized carbons (Fsp3) is 0.900. The maximum Gasteiger partial charge on any atom is 0.223 e. The summed E-state index contributed by atoms with van der Waals surface area (Å²) in [5.74, 6) is 0.207. The second-order valence-electron chi connectivity index (χ2n) is 3.93. The maximum atomic E-state index is 11.8. The summed E-state index contributed by atoms with van der Waals surface area (Å²) >= 11 is 0. The second-order valence-corrected chi connectivity index (χ2v) is 3.93. The molecule has 2 unspecified atom stereocenters. The van der Waals surface area contributed by atoms with Crippen LogP contribution in [0.5, 0.6) is 0 Å². The third-order valence-corrected chi connectivity index (χ3v) is 2.55. The predicted molar refractivity (Wildman–Crippen MR) is 62.1 cm³/mol. The van der Waals surface area contributed by atoms with Gasteiger partial charge in [-0.1, -0.05) is 0 Å². The van der Waals surface area contributed by atoms with E-state index in [2.05, 4.69) is 0 Å². The number of amides is 1. The normalized spacial score (nSPS) is 25.9. The highest BCUT2D eigenvalue weighted by Gasteiger charge is 2.28. The Hall–Kier alpha value is -0.320. The Balaban J connectivity index is 0.00000196. The number of carbonyl (C=O) groups excluding carboxylic acids is 1. The van der Waals surface area contributed by atoms with Gasteiger partial charge >= 0.3 is 0 Å². The van der Waals surface area contributed by atoms with E-state index >= 15 is 0 Å². The standard InChI is InChI=1S/C10H20N2O2.ClH/c1-8-6-14-7-9(2)12(8)10(13)4-3-5-11;/h8-9H,3-7,11H2,1-2H3;1H. The molecule has 1 amide bonds. The zero-order valence-electron chi connectivity index (χ0n) is 9.44. The summed E-state index contributed by atoms with van der Waals surface area (Å²) in [6.07, 6.45) is 1.33. The molecular weight excluding hydrogens is 216 g/mol. The number of nitrogens with two attached hydrogens (primary N) is 1. The molecule has 1 aliphatic heterocycles. The van der Waals surface area contributed by atoms with Crippen molar-refractivity contribution >= 4 is 18.3 Å². The smallest absolute Gasteiger partial charge is 0.223 e. The summed E-state index contributed by atoms with van der Waals surface area (Å²) in [6, 6.07) is 0.396. The van der Waals surface area contributed by atoms with Crippen molar-refractivity contribution in [2.75, 3.05) is 19.8 Å². The van der Waals surface area contributed by atoms with Crippen molar-refractivity contribution < 1.29 is 9.53 Å². The van der Waals surface area contributed by atoms with Crippen molar-refractivity contribution in [3.8, 4) is 0 Å². The molecule has 1 fully saturated rings.